The second-order valence-corrected chi connectivity index (χ2v) is 18.3. The highest BCUT2D eigenvalue weighted by molar-refractivity contribution is 5.86. The Labute approximate surface area is 396 Å². The molecule has 0 heterocycles. The fourth-order valence-electron chi connectivity index (χ4n) is 10.4. The fraction of sp³-hybridized carbons (Fsp3) is 0.104. The lowest BCUT2D eigenvalue weighted by Gasteiger charge is -2.17. The second kappa shape index (κ2) is 18.6. The molecule has 0 fully saturated rings. The molecular weight excluding hydrogens is 805 g/mol. The Hall–Kier alpha value is -7.80. The summed E-state index contributed by atoms with van der Waals surface area (Å²) in [5, 5.41) is 0. The summed E-state index contributed by atoms with van der Waals surface area (Å²) in [6, 6.07) is 88.2. The standard InChI is InChI=1S/C67H54/c1-3-14-48-16-11-19-54(41-48)51-33-35-52(36-34-51)57-22-13-23-60(43-57)67-63-26-10-9-25-62(63)66-45-59(39-40-64(66)67)58-38-37-53(65(44-58)61-24-8-7-15-46(61)2)32-29-47-27-30-50(31-28-47)56-21-12-20-55(42-56)49-17-5-4-6-18-49/h4-13,15-28,30-31,33-45,67H,3,14,29,32H2,1-2H3. The molecule has 0 bridgehead atoms. The number of fused-ring (bicyclic) bond motifs is 3. The zero-order valence-electron chi connectivity index (χ0n) is 38.4. The summed E-state index contributed by atoms with van der Waals surface area (Å²) >= 11 is 0. The van der Waals surface area contributed by atoms with Gasteiger partial charge in [0, 0.05) is 5.92 Å². The van der Waals surface area contributed by atoms with Gasteiger partial charge in [-0.15, -0.1) is 0 Å². The summed E-state index contributed by atoms with van der Waals surface area (Å²) in [6.07, 6.45) is 4.20. The van der Waals surface area contributed by atoms with Gasteiger partial charge in [0.15, 0.2) is 0 Å². The first-order valence-electron chi connectivity index (χ1n) is 24.0. The minimum atomic E-state index is 0.166. The predicted octanol–water partition coefficient (Wildman–Crippen LogP) is 17.9. The van der Waals surface area contributed by atoms with Gasteiger partial charge in [0.2, 0.25) is 0 Å². The van der Waals surface area contributed by atoms with Crippen molar-refractivity contribution in [3.63, 3.8) is 0 Å². The van der Waals surface area contributed by atoms with Crippen LogP contribution in [-0.2, 0) is 19.3 Å². The first-order valence-corrected chi connectivity index (χ1v) is 24.0. The molecule has 0 radical (unpaired) electrons. The Morgan fingerprint density at radius 2 is 0.806 bits per heavy atom. The molecule has 10 aromatic carbocycles. The zero-order valence-corrected chi connectivity index (χ0v) is 38.4. The van der Waals surface area contributed by atoms with Gasteiger partial charge in [0.25, 0.3) is 0 Å². The van der Waals surface area contributed by atoms with Gasteiger partial charge in [-0.2, -0.15) is 0 Å². The summed E-state index contributed by atoms with van der Waals surface area (Å²) in [5.74, 6) is 0.166. The van der Waals surface area contributed by atoms with E-state index in [1.54, 1.807) is 0 Å². The lowest BCUT2D eigenvalue weighted by Crippen LogP contribution is -1.99. The minimum Gasteiger partial charge on any atom is -0.0651 e. The van der Waals surface area contributed by atoms with Crippen LogP contribution < -0.4 is 0 Å². The summed E-state index contributed by atoms with van der Waals surface area (Å²) in [5.41, 5.74) is 27.3. The van der Waals surface area contributed by atoms with E-state index in [0.29, 0.717) is 0 Å². The van der Waals surface area contributed by atoms with Crippen molar-refractivity contribution < 1.29 is 0 Å². The van der Waals surface area contributed by atoms with E-state index in [2.05, 4.69) is 250 Å². The van der Waals surface area contributed by atoms with Gasteiger partial charge in [-0.05, 0) is 161 Å². The Kier molecular flexibility index (Phi) is 11.6. The van der Waals surface area contributed by atoms with Crippen LogP contribution in [0.25, 0.3) is 77.9 Å². The Bertz CT molecular complexity index is 3350. The maximum atomic E-state index is 2.44. The van der Waals surface area contributed by atoms with E-state index >= 15 is 0 Å². The van der Waals surface area contributed by atoms with Crippen molar-refractivity contribution in [1.29, 1.82) is 0 Å². The molecule has 1 aliphatic carbocycles. The molecule has 0 saturated heterocycles. The van der Waals surface area contributed by atoms with Crippen LogP contribution in [0.2, 0.25) is 0 Å². The quantitative estimate of drug-likeness (QED) is 0.115. The predicted molar refractivity (Wildman–Crippen MR) is 284 cm³/mol. The molecule has 67 heavy (non-hydrogen) atoms. The third-order valence-corrected chi connectivity index (χ3v) is 14.0. The summed E-state index contributed by atoms with van der Waals surface area (Å²) in [7, 11) is 0. The van der Waals surface area contributed by atoms with Crippen molar-refractivity contribution in [1.82, 2.24) is 0 Å². The van der Waals surface area contributed by atoms with Crippen LogP contribution in [0.1, 0.15) is 58.2 Å². The van der Waals surface area contributed by atoms with Crippen LogP contribution in [0, 0.1) is 6.92 Å². The van der Waals surface area contributed by atoms with Crippen molar-refractivity contribution in [3.8, 4) is 77.9 Å². The van der Waals surface area contributed by atoms with Gasteiger partial charge >= 0.3 is 0 Å². The van der Waals surface area contributed by atoms with Crippen LogP contribution in [0.5, 0.6) is 0 Å². The molecule has 0 aliphatic heterocycles. The van der Waals surface area contributed by atoms with Crippen LogP contribution in [0.4, 0.5) is 0 Å². The highest BCUT2D eigenvalue weighted by Gasteiger charge is 2.30. The summed E-state index contributed by atoms with van der Waals surface area (Å²) in [6.45, 7) is 4.48. The molecule has 11 rings (SSSR count). The first kappa shape index (κ1) is 41.9. The zero-order chi connectivity index (χ0) is 45.1. The number of rotatable bonds is 12. The molecule has 322 valence electrons. The molecule has 0 aromatic heterocycles. The van der Waals surface area contributed by atoms with Crippen LogP contribution in [0.3, 0.4) is 0 Å². The van der Waals surface area contributed by atoms with Gasteiger partial charge in [-0.25, -0.2) is 0 Å². The molecule has 1 aliphatic rings. The normalized spacial score (nSPS) is 12.7. The average molecular weight is 859 g/mol. The minimum absolute atomic E-state index is 0.166. The van der Waals surface area contributed by atoms with Crippen molar-refractivity contribution in [2.24, 2.45) is 0 Å². The molecule has 1 atom stereocenters. The van der Waals surface area contributed by atoms with Gasteiger partial charge in [-0.3, -0.25) is 0 Å². The van der Waals surface area contributed by atoms with Crippen molar-refractivity contribution in [2.45, 2.75) is 45.4 Å². The van der Waals surface area contributed by atoms with E-state index in [4.69, 9.17) is 0 Å². The van der Waals surface area contributed by atoms with Crippen molar-refractivity contribution in [2.75, 3.05) is 0 Å². The third-order valence-electron chi connectivity index (χ3n) is 14.0. The third kappa shape index (κ3) is 8.60. The summed E-state index contributed by atoms with van der Waals surface area (Å²) in [4.78, 5) is 0. The van der Waals surface area contributed by atoms with Gasteiger partial charge in [0.05, 0.1) is 0 Å². The molecule has 0 N–H and O–H groups in total. The topological polar surface area (TPSA) is 0 Å². The highest BCUT2D eigenvalue weighted by atomic mass is 14.3. The maximum Gasteiger partial charge on any atom is 0.0352 e. The highest BCUT2D eigenvalue weighted by Crippen LogP contribution is 2.50. The molecule has 0 heteroatoms. The largest absolute Gasteiger partial charge is 0.0651 e. The van der Waals surface area contributed by atoms with E-state index in [1.165, 1.54) is 117 Å². The molecular formula is C67H54. The maximum absolute atomic E-state index is 2.44. The number of benzene rings is 10. The number of hydrogen-bond acceptors (Lipinski definition) is 0. The average Bonchev–Trinajstić information content (AvgIpc) is 3.73. The Morgan fingerprint density at radius 1 is 0.299 bits per heavy atom. The monoisotopic (exact) mass is 858 g/mol. The van der Waals surface area contributed by atoms with Crippen molar-refractivity contribution in [3.05, 3.63) is 276 Å². The number of hydrogen-bond donors (Lipinski definition) is 0. The second-order valence-electron chi connectivity index (χ2n) is 18.3. The SMILES string of the molecule is CCCc1cccc(-c2ccc(-c3cccc(C4c5ccccc5-c5cc(-c6ccc(CCc7ccc(-c8cccc(-c9ccccc9)c8)cc7)c(-c7ccccc7C)c6)ccc54)c3)cc2)c1. The van der Waals surface area contributed by atoms with E-state index in [9.17, 15) is 0 Å². The van der Waals surface area contributed by atoms with Crippen LogP contribution in [0.15, 0.2) is 237 Å². The number of aryl methyl sites for hydroxylation is 4. The smallest absolute Gasteiger partial charge is 0.0352 e. The molecule has 0 spiro atoms. The molecule has 0 saturated carbocycles. The van der Waals surface area contributed by atoms with Gasteiger partial charge in [0.1, 0.15) is 0 Å². The first-order chi connectivity index (χ1) is 33.1. The summed E-state index contributed by atoms with van der Waals surface area (Å²) < 4.78 is 0. The van der Waals surface area contributed by atoms with Crippen molar-refractivity contribution >= 4 is 0 Å². The van der Waals surface area contributed by atoms with Crippen LogP contribution >= 0.6 is 0 Å². The molecule has 1 unspecified atom stereocenters. The van der Waals surface area contributed by atoms with E-state index in [1.807, 2.05) is 0 Å². The van der Waals surface area contributed by atoms with Gasteiger partial charge in [-0.1, -0.05) is 232 Å². The molecule has 10 aromatic rings. The Balaban J connectivity index is 0.869. The Morgan fingerprint density at radius 3 is 1.52 bits per heavy atom. The molecule has 0 amide bonds. The lowest BCUT2D eigenvalue weighted by atomic mass is 9.86. The molecule has 0 nitrogen and oxygen atoms in total. The fourth-order valence-corrected chi connectivity index (χ4v) is 10.4. The van der Waals surface area contributed by atoms with Crippen LogP contribution in [-0.4, -0.2) is 0 Å². The lowest BCUT2D eigenvalue weighted by molar-refractivity contribution is 0.922. The van der Waals surface area contributed by atoms with Gasteiger partial charge < -0.3 is 0 Å². The van der Waals surface area contributed by atoms with E-state index in [-0.39, 0.29) is 5.92 Å². The van der Waals surface area contributed by atoms with E-state index in [0.717, 1.165) is 25.7 Å². The van der Waals surface area contributed by atoms with E-state index < -0.39 is 0 Å².